The average molecular weight is 280 g/mol. The zero-order valence-electron chi connectivity index (χ0n) is 9.92. The molecule has 2 heterocycles. The third-order valence-electron chi connectivity index (χ3n) is 2.41. The van der Waals surface area contributed by atoms with Crippen molar-refractivity contribution in [2.75, 3.05) is 12.8 Å². The van der Waals surface area contributed by atoms with Crippen LogP contribution in [0.25, 0.3) is 11.3 Å². The van der Waals surface area contributed by atoms with Crippen molar-refractivity contribution in [3.8, 4) is 17.1 Å². The summed E-state index contributed by atoms with van der Waals surface area (Å²) >= 11 is 5.91. The quantitative estimate of drug-likeness (QED) is 0.814. The predicted octanol–water partition coefficient (Wildman–Crippen LogP) is 1.87. The topological polar surface area (TPSA) is 98.3 Å². The molecular weight excluding hydrogens is 270 g/mol. The number of ether oxygens (including phenoxy) is 1. The second-order valence-corrected chi connectivity index (χ2v) is 4.03. The highest BCUT2D eigenvalue weighted by Crippen LogP contribution is 2.28. The van der Waals surface area contributed by atoms with Crippen LogP contribution in [0.3, 0.4) is 0 Å². The molecule has 6 nitrogen and oxygen atoms in total. The molecule has 98 valence electrons. The highest BCUT2D eigenvalue weighted by Gasteiger charge is 2.17. The summed E-state index contributed by atoms with van der Waals surface area (Å²) in [6, 6.07) is 4.52. The molecule has 0 amide bonds. The fourth-order valence-electron chi connectivity index (χ4n) is 1.47. The van der Waals surface area contributed by atoms with Crippen LogP contribution in [0.4, 0.5) is 5.69 Å². The summed E-state index contributed by atoms with van der Waals surface area (Å²) in [5.74, 6) is -0.788. The Morgan fingerprint density at radius 2 is 2.21 bits per heavy atom. The molecule has 2 aromatic heterocycles. The van der Waals surface area contributed by atoms with Gasteiger partial charge in [0.05, 0.1) is 23.5 Å². The minimum atomic E-state index is -0.676. The SMILES string of the molecule is COC(=O)c1nc(-c2ccc(O)nc2)cc(N)c1Cl. The zero-order valence-corrected chi connectivity index (χ0v) is 10.7. The third kappa shape index (κ3) is 2.58. The number of carbonyl (C=O) groups is 1. The van der Waals surface area contributed by atoms with Crippen LogP contribution < -0.4 is 5.73 Å². The summed E-state index contributed by atoms with van der Waals surface area (Å²) in [6.45, 7) is 0. The number of esters is 1. The molecule has 0 aliphatic heterocycles. The number of nitrogens with zero attached hydrogens (tertiary/aromatic N) is 2. The molecule has 0 atom stereocenters. The molecule has 0 radical (unpaired) electrons. The molecule has 2 rings (SSSR count). The number of hydrogen-bond acceptors (Lipinski definition) is 6. The molecule has 0 aliphatic rings. The molecule has 3 N–H and O–H groups in total. The van der Waals surface area contributed by atoms with Crippen LogP contribution in [-0.4, -0.2) is 28.2 Å². The summed E-state index contributed by atoms with van der Waals surface area (Å²) in [7, 11) is 1.23. The van der Waals surface area contributed by atoms with Gasteiger partial charge in [-0.1, -0.05) is 11.6 Å². The van der Waals surface area contributed by atoms with Crippen LogP contribution in [0, 0.1) is 0 Å². The van der Waals surface area contributed by atoms with Crippen molar-refractivity contribution in [3.63, 3.8) is 0 Å². The van der Waals surface area contributed by atoms with E-state index in [1.165, 1.54) is 25.4 Å². The number of nitrogens with two attached hydrogens (primary N) is 1. The lowest BCUT2D eigenvalue weighted by molar-refractivity contribution is 0.0594. The van der Waals surface area contributed by atoms with E-state index in [2.05, 4.69) is 14.7 Å². The second-order valence-electron chi connectivity index (χ2n) is 3.66. The Hall–Kier alpha value is -2.34. The largest absolute Gasteiger partial charge is 0.493 e. The Morgan fingerprint density at radius 3 is 2.79 bits per heavy atom. The number of pyridine rings is 2. The van der Waals surface area contributed by atoms with E-state index in [-0.39, 0.29) is 22.3 Å². The lowest BCUT2D eigenvalue weighted by Gasteiger charge is -2.08. The van der Waals surface area contributed by atoms with Crippen LogP contribution in [0.2, 0.25) is 5.02 Å². The Balaban J connectivity index is 2.56. The lowest BCUT2D eigenvalue weighted by Crippen LogP contribution is -2.08. The minimum Gasteiger partial charge on any atom is -0.493 e. The Labute approximate surface area is 113 Å². The normalized spacial score (nSPS) is 10.2. The second kappa shape index (κ2) is 5.11. The molecule has 7 heteroatoms. The van der Waals surface area contributed by atoms with Crippen molar-refractivity contribution < 1.29 is 14.6 Å². The fraction of sp³-hybridized carbons (Fsp3) is 0.0833. The molecule has 0 fully saturated rings. The van der Waals surface area contributed by atoms with E-state index in [0.29, 0.717) is 11.3 Å². The maximum absolute atomic E-state index is 11.5. The van der Waals surface area contributed by atoms with Crippen molar-refractivity contribution in [2.45, 2.75) is 0 Å². The summed E-state index contributed by atoms with van der Waals surface area (Å²) in [6.07, 6.45) is 1.41. The number of carbonyl (C=O) groups excluding carboxylic acids is 1. The van der Waals surface area contributed by atoms with Gasteiger partial charge in [-0.25, -0.2) is 14.8 Å². The number of rotatable bonds is 2. The van der Waals surface area contributed by atoms with Crippen LogP contribution in [-0.2, 0) is 4.74 Å². The van der Waals surface area contributed by atoms with E-state index in [1.54, 1.807) is 6.07 Å². The van der Waals surface area contributed by atoms with E-state index >= 15 is 0 Å². The first kappa shape index (κ1) is 13.1. The number of halogens is 1. The number of methoxy groups -OCH3 is 1. The first-order valence-corrected chi connectivity index (χ1v) is 5.60. The van der Waals surface area contributed by atoms with Gasteiger partial charge < -0.3 is 15.6 Å². The Kier molecular flexibility index (Phi) is 3.52. The third-order valence-corrected chi connectivity index (χ3v) is 2.81. The maximum atomic E-state index is 11.5. The number of aromatic hydroxyl groups is 1. The summed E-state index contributed by atoms with van der Waals surface area (Å²) in [5, 5.41) is 9.18. The molecule has 0 saturated carbocycles. The van der Waals surface area contributed by atoms with Crippen molar-refractivity contribution in [2.24, 2.45) is 0 Å². The summed E-state index contributed by atoms with van der Waals surface area (Å²) in [5.41, 5.74) is 6.88. The molecule has 0 unspecified atom stereocenters. The monoisotopic (exact) mass is 279 g/mol. The van der Waals surface area contributed by atoms with Crippen molar-refractivity contribution >= 4 is 23.3 Å². The number of hydrogen-bond donors (Lipinski definition) is 2. The molecule has 19 heavy (non-hydrogen) atoms. The van der Waals surface area contributed by atoms with Crippen LogP contribution in [0.15, 0.2) is 24.4 Å². The van der Waals surface area contributed by atoms with Crippen LogP contribution in [0.1, 0.15) is 10.5 Å². The van der Waals surface area contributed by atoms with Gasteiger partial charge >= 0.3 is 5.97 Å². The fourth-order valence-corrected chi connectivity index (χ4v) is 1.64. The zero-order chi connectivity index (χ0) is 14.0. The van der Waals surface area contributed by atoms with Crippen LogP contribution in [0.5, 0.6) is 5.88 Å². The highest BCUT2D eigenvalue weighted by molar-refractivity contribution is 6.35. The first-order valence-electron chi connectivity index (χ1n) is 5.22. The van der Waals surface area contributed by atoms with Gasteiger partial charge in [0.25, 0.3) is 0 Å². The van der Waals surface area contributed by atoms with E-state index in [0.717, 1.165) is 0 Å². The molecule has 0 bridgehead atoms. The average Bonchev–Trinajstić information content (AvgIpc) is 2.41. The standard InChI is InChI=1S/C12H10ClN3O3/c1-19-12(18)11-10(13)7(14)4-8(16-11)6-2-3-9(17)15-5-6/h2-5H,1H3,(H2,14,16)(H,15,17). The highest BCUT2D eigenvalue weighted by atomic mass is 35.5. The molecule has 0 spiro atoms. The number of anilines is 1. The number of nitrogen functional groups attached to an aromatic ring is 1. The summed E-state index contributed by atoms with van der Waals surface area (Å²) < 4.78 is 4.59. The molecule has 0 aliphatic carbocycles. The molecule has 0 aromatic carbocycles. The van der Waals surface area contributed by atoms with Gasteiger partial charge in [-0.05, 0) is 12.1 Å². The molecule has 2 aromatic rings. The van der Waals surface area contributed by atoms with Gasteiger partial charge in [0, 0.05) is 17.8 Å². The van der Waals surface area contributed by atoms with Gasteiger partial charge in [-0.15, -0.1) is 0 Å². The van der Waals surface area contributed by atoms with Crippen molar-refractivity contribution in [3.05, 3.63) is 35.1 Å². The van der Waals surface area contributed by atoms with Gasteiger partial charge in [-0.2, -0.15) is 0 Å². The van der Waals surface area contributed by atoms with E-state index in [1.807, 2.05) is 0 Å². The van der Waals surface area contributed by atoms with E-state index in [9.17, 15) is 4.79 Å². The molecular formula is C12H10ClN3O3. The maximum Gasteiger partial charge on any atom is 0.358 e. The summed E-state index contributed by atoms with van der Waals surface area (Å²) in [4.78, 5) is 19.4. The number of aromatic nitrogens is 2. The van der Waals surface area contributed by atoms with Gasteiger partial charge in [-0.3, -0.25) is 0 Å². The Bertz CT molecular complexity index is 629. The molecule has 0 saturated heterocycles. The lowest BCUT2D eigenvalue weighted by atomic mass is 10.1. The minimum absolute atomic E-state index is 0.0438. The Morgan fingerprint density at radius 1 is 1.47 bits per heavy atom. The smallest absolute Gasteiger partial charge is 0.358 e. The van der Waals surface area contributed by atoms with Crippen molar-refractivity contribution in [1.82, 2.24) is 9.97 Å². The van der Waals surface area contributed by atoms with Gasteiger partial charge in [0.2, 0.25) is 5.88 Å². The van der Waals surface area contributed by atoms with Gasteiger partial charge in [0.15, 0.2) is 5.69 Å². The van der Waals surface area contributed by atoms with E-state index in [4.69, 9.17) is 22.4 Å². The van der Waals surface area contributed by atoms with Gasteiger partial charge in [0.1, 0.15) is 0 Å². The van der Waals surface area contributed by atoms with Crippen LogP contribution >= 0.6 is 11.6 Å². The predicted molar refractivity (Wildman–Crippen MR) is 69.9 cm³/mol. The van der Waals surface area contributed by atoms with E-state index < -0.39 is 5.97 Å². The first-order chi connectivity index (χ1) is 9.02. The van der Waals surface area contributed by atoms with Crippen molar-refractivity contribution in [1.29, 1.82) is 0 Å².